The molecule has 0 saturated carbocycles. The number of rotatable bonds is 5. The van der Waals surface area contributed by atoms with E-state index in [2.05, 4.69) is 31.6 Å². The predicted molar refractivity (Wildman–Crippen MR) is 70.3 cm³/mol. The third-order valence-electron chi connectivity index (χ3n) is 2.39. The first-order chi connectivity index (χ1) is 8.74. The molecule has 0 fully saturated rings. The second kappa shape index (κ2) is 5.72. The first-order valence-corrected chi connectivity index (χ1v) is 6.02. The van der Waals surface area contributed by atoms with E-state index in [0.29, 0.717) is 18.0 Å². The number of methoxy groups -OCH3 is 2. The van der Waals surface area contributed by atoms with Crippen LogP contribution in [0.2, 0.25) is 0 Å². The summed E-state index contributed by atoms with van der Waals surface area (Å²) in [5.74, 6) is 1.40. The van der Waals surface area contributed by atoms with Crippen LogP contribution in [0.5, 0.6) is 11.5 Å². The highest BCUT2D eigenvalue weighted by molar-refractivity contribution is 9.10. The molecule has 0 atom stereocenters. The van der Waals surface area contributed by atoms with Gasteiger partial charge in [-0.1, -0.05) is 15.9 Å². The van der Waals surface area contributed by atoms with Crippen LogP contribution in [0, 0.1) is 0 Å². The predicted octanol–water partition coefficient (Wildman–Crippen LogP) is 1.80. The van der Waals surface area contributed by atoms with E-state index in [4.69, 9.17) is 9.47 Å². The molecule has 2 aromatic rings. The summed E-state index contributed by atoms with van der Waals surface area (Å²) in [7, 11) is 3.23. The molecular weight excluding hydrogens is 300 g/mol. The Morgan fingerprint density at radius 2 is 1.94 bits per heavy atom. The second-order valence-electron chi connectivity index (χ2n) is 3.50. The summed E-state index contributed by atoms with van der Waals surface area (Å²) in [6.45, 7) is 0.566. The van der Waals surface area contributed by atoms with Gasteiger partial charge in [0.1, 0.15) is 12.7 Å². The molecule has 0 saturated heterocycles. The maximum absolute atomic E-state index is 5.37. The average molecular weight is 313 g/mol. The molecule has 7 heteroatoms. The number of nitrogens with one attached hydrogen (secondary N) is 1. The summed E-state index contributed by atoms with van der Waals surface area (Å²) >= 11 is 3.44. The molecule has 1 aromatic carbocycles. The van der Waals surface area contributed by atoms with Crippen LogP contribution in [0.25, 0.3) is 0 Å². The smallest absolute Gasteiger partial charge is 0.165 e. The van der Waals surface area contributed by atoms with Crippen molar-refractivity contribution in [2.75, 3.05) is 19.6 Å². The van der Waals surface area contributed by atoms with Gasteiger partial charge in [-0.3, -0.25) is 0 Å². The summed E-state index contributed by atoms with van der Waals surface area (Å²) in [6, 6.07) is 3.83. The lowest BCUT2D eigenvalue weighted by atomic mass is 10.2. The zero-order valence-corrected chi connectivity index (χ0v) is 11.6. The van der Waals surface area contributed by atoms with Crippen LogP contribution in [0.4, 0.5) is 0 Å². The van der Waals surface area contributed by atoms with Crippen molar-refractivity contribution in [1.29, 1.82) is 0 Å². The van der Waals surface area contributed by atoms with Gasteiger partial charge < -0.3 is 14.9 Å². The van der Waals surface area contributed by atoms with Crippen LogP contribution in [0.3, 0.4) is 0 Å². The van der Waals surface area contributed by atoms with Crippen LogP contribution in [0.1, 0.15) is 5.56 Å². The van der Waals surface area contributed by atoms with E-state index >= 15 is 0 Å². The van der Waals surface area contributed by atoms with Gasteiger partial charge in [-0.2, -0.15) is 0 Å². The van der Waals surface area contributed by atoms with E-state index in [9.17, 15) is 0 Å². The van der Waals surface area contributed by atoms with E-state index in [1.54, 1.807) is 31.6 Å². The van der Waals surface area contributed by atoms with Crippen molar-refractivity contribution < 1.29 is 9.47 Å². The highest BCUT2D eigenvalue weighted by atomic mass is 79.9. The molecule has 1 heterocycles. The minimum atomic E-state index is 0.566. The minimum absolute atomic E-state index is 0.566. The SMILES string of the molecule is COc1cc(Br)cc(CNn2cnnc2)c1OC. The Bertz CT molecular complexity index is 516. The van der Waals surface area contributed by atoms with Crippen LogP contribution in [0.15, 0.2) is 29.3 Å². The summed E-state index contributed by atoms with van der Waals surface area (Å²) in [6.07, 6.45) is 3.17. The molecule has 2 rings (SSSR count). The van der Waals surface area contributed by atoms with Crippen molar-refractivity contribution in [3.05, 3.63) is 34.8 Å². The first-order valence-electron chi connectivity index (χ1n) is 5.23. The molecule has 6 nitrogen and oxygen atoms in total. The number of aromatic nitrogens is 3. The molecule has 96 valence electrons. The molecule has 1 N–H and O–H groups in total. The number of nitrogens with zero attached hydrogens (tertiary/aromatic N) is 3. The van der Waals surface area contributed by atoms with E-state index < -0.39 is 0 Å². The molecule has 0 spiro atoms. The lowest BCUT2D eigenvalue weighted by Gasteiger charge is -2.14. The van der Waals surface area contributed by atoms with Gasteiger partial charge in [0.2, 0.25) is 0 Å². The van der Waals surface area contributed by atoms with E-state index in [1.807, 2.05) is 12.1 Å². The molecular formula is C11H13BrN4O2. The topological polar surface area (TPSA) is 61.2 Å². The monoisotopic (exact) mass is 312 g/mol. The lowest BCUT2D eigenvalue weighted by molar-refractivity contribution is 0.351. The van der Waals surface area contributed by atoms with Gasteiger partial charge in [0.05, 0.1) is 20.8 Å². The minimum Gasteiger partial charge on any atom is -0.493 e. The maximum atomic E-state index is 5.37. The molecule has 0 aliphatic carbocycles. The van der Waals surface area contributed by atoms with Crippen LogP contribution >= 0.6 is 15.9 Å². The molecule has 0 amide bonds. The Hall–Kier alpha value is -1.76. The third kappa shape index (κ3) is 2.73. The molecule has 0 bridgehead atoms. The van der Waals surface area contributed by atoms with Crippen molar-refractivity contribution >= 4 is 15.9 Å². The second-order valence-corrected chi connectivity index (χ2v) is 4.42. The van der Waals surface area contributed by atoms with Gasteiger partial charge >= 0.3 is 0 Å². The number of hydrogen-bond acceptors (Lipinski definition) is 5. The fourth-order valence-corrected chi connectivity index (χ4v) is 2.08. The van der Waals surface area contributed by atoms with Crippen LogP contribution < -0.4 is 14.9 Å². The van der Waals surface area contributed by atoms with Gasteiger partial charge in [0.15, 0.2) is 11.5 Å². The first kappa shape index (κ1) is 12.7. The molecule has 18 heavy (non-hydrogen) atoms. The van der Waals surface area contributed by atoms with Crippen LogP contribution in [-0.4, -0.2) is 29.1 Å². The van der Waals surface area contributed by atoms with Crippen molar-refractivity contribution in [2.24, 2.45) is 0 Å². The normalized spacial score (nSPS) is 10.2. The van der Waals surface area contributed by atoms with Crippen molar-refractivity contribution in [3.8, 4) is 11.5 Å². The lowest BCUT2D eigenvalue weighted by Crippen LogP contribution is -2.13. The zero-order chi connectivity index (χ0) is 13.0. The Morgan fingerprint density at radius 3 is 2.56 bits per heavy atom. The third-order valence-corrected chi connectivity index (χ3v) is 2.85. The highest BCUT2D eigenvalue weighted by Crippen LogP contribution is 2.34. The Morgan fingerprint density at radius 1 is 1.22 bits per heavy atom. The number of ether oxygens (including phenoxy) is 2. The Balaban J connectivity index is 2.23. The van der Waals surface area contributed by atoms with E-state index in [-0.39, 0.29) is 0 Å². The fourth-order valence-electron chi connectivity index (χ4n) is 1.60. The van der Waals surface area contributed by atoms with E-state index in [1.165, 1.54) is 0 Å². The fraction of sp³-hybridized carbons (Fsp3) is 0.273. The molecule has 1 aromatic heterocycles. The largest absolute Gasteiger partial charge is 0.493 e. The van der Waals surface area contributed by atoms with Crippen molar-refractivity contribution in [1.82, 2.24) is 14.9 Å². The summed E-state index contributed by atoms with van der Waals surface area (Å²) in [4.78, 5) is 0. The van der Waals surface area contributed by atoms with Gasteiger partial charge in [0.25, 0.3) is 0 Å². The molecule has 0 radical (unpaired) electrons. The molecule has 0 unspecified atom stereocenters. The van der Waals surface area contributed by atoms with Crippen molar-refractivity contribution in [2.45, 2.75) is 6.54 Å². The van der Waals surface area contributed by atoms with E-state index in [0.717, 1.165) is 10.0 Å². The zero-order valence-electron chi connectivity index (χ0n) is 10.1. The summed E-state index contributed by atoms with van der Waals surface area (Å²) in [5, 5.41) is 7.43. The maximum Gasteiger partial charge on any atom is 0.165 e. The molecule has 0 aliphatic rings. The van der Waals surface area contributed by atoms with Gasteiger partial charge in [-0.15, -0.1) is 10.2 Å². The Kier molecular flexibility index (Phi) is 4.03. The van der Waals surface area contributed by atoms with Gasteiger partial charge in [-0.05, 0) is 12.1 Å². The quantitative estimate of drug-likeness (QED) is 0.912. The van der Waals surface area contributed by atoms with Crippen molar-refractivity contribution in [3.63, 3.8) is 0 Å². The Labute approximate surface area is 113 Å². The van der Waals surface area contributed by atoms with Crippen LogP contribution in [-0.2, 0) is 6.54 Å². The summed E-state index contributed by atoms with van der Waals surface area (Å²) in [5.41, 5.74) is 4.10. The molecule has 0 aliphatic heterocycles. The highest BCUT2D eigenvalue weighted by Gasteiger charge is 2.11. The average Bonchev–Trinajstić information content (AvgIpc) is 2.88. The summed E-state index contributed by atoms with van der Waals surface area (Å²) < 4.78 is 13.3. The number of halogens is 1. The van der Waals surface area contributed by atoms with Gasteiger partial charge in [-0.25, -0.2) is 4.68 Å². The standard InChI is InChI=1S/C11H13BrN4O2/c1-17-10-4-9(12)3-8(11(10)18-2)5-15-16-6-13-14-7-16/h3-4,6-7,15H,5H2,1-2H3. The van der Waals surface area contributed by atoms with Gasteiger partial charge in [0, 0.05) is 10.0 Å². The number of hydrogen-bond donors (Lipinski definition) is 1. The number of benzene rings is 1.